The Balaban J connectivity index is 2.11. The predicted molar refractivity (Wildman–Crippen MR) is 69.7 cm³/mol. The van der Waals surface area contributed by atoms with E-state index in [4.69, 9.17) is 10.5 Å². The highest BCUT2D eigenvalue weighted by molar-refractivity contribution is 9.10. The second-order valence-corrected chi connectivity index (χ2v) is 5.26. The Morgan fingerprint density at radius 3 is 2.72 bits per heavy atom. The van der Waals surface area contributed by atoms with Crippen LogP contribution < -0.4 is 11.1 Å². The van der Waals surface area contributed by atoms with E-state index in [0.717, 1.165) is 0 Å². The second-order valence-electron chi connectivity index (χ2n) is 4.35. The molecule has 1 aromatic carbocycles. The van der Waals surface area contributed by atoms with Gasteiger partial charge in [-0.15, -0.1) is 0 Å². The number of rotatable bonds is 2. The van der Waals surface area contributed by atoms with Gasteiger partial charge in [-0.25, -0.2) is 4.39 Å². The molecule has 0 atom stereocenters. The van der Waals surface area contributed by atoms with Gasteiger partial charge in [0, 0.05) is 17.7 Å². The van der Waals surface area contributed by atoms with E-state index in [2.05, 4.69) is 21.2 Å². The van der Waals surface area contributed by atoms with Crippen molar-refractivity contribution in [1.29, 1.82) is 0 Å². The van der Waals surface area contributed by atoms with Crippen LogP contribution in [-0.2, 0) is 9.53 Å². The number of hydrogen-bond acceptors (Lipinski definition) is 3. The third kappa shape index (κ3) is 2.88. The molecule has 0 aliphatic carbocycles. The zero-order chi connectivity index (χ0) is 13.2. The van der Waals surface area contributed by atoms with Gasteiger partial charge in [-0.3, -0.25) is 4.79 Å². The summed E-state index contributed by atoms with van der Waals surface area (Å²) < 4.78 is 19.4. The molecule has 6 heteroatoms. The van der Waals surface area contributed by atoms with E-state index in [-0.39, 0.29) is 11.6 Å². The first kappa shape index (κ1) is 13.5. The van der Waals surface area contributed by atoms with Crippen LogP contribution in [0.2, 0.25) is 0 Å². The van der Waals surface area contributed by atoms with Crippen molar-refractivity contribution in [2.75, 3.05) is 18.5 Å². The van der Waals surface area contributed by atoms with Gasteiger partial charge in [-0.2, -0.15) is 0 Å². The van der Waals surface area contributed by atoms with Crippen LogP contribution in [0.3, 0.4) is 0 Å². The van der Waals surface area contributed by atoms with Crippen molar-refractivity contribution in [1.82, 2.24) is 0 Å². The molecule has 1 fully saturated rings. The predicted octanol–water partition coefficient (Wildman–Crippen LogP) is 2.03. The number of carbonyl (C=O) groups is 1. The summed E-state index contributed by atoms with van der Waals surface area (Å²) in [5, 5.41) is 2.53. The van der Waals surface area contributed by atoms with E-state index in [1.54, 1.807) is 6.07 Å². The molecular formula is C12H14BrFN2O2. The Labute approximate surface area is 113 Å². The van der Waals surface area contributed by atoms with Gasteiger partial charge in [0.05, 0.1) is 5.69 Å². The van der Waals surface area contributed by atoms with E-state index >= 15 is 0 Å². The first-order chi connectivity index (χ1) is 8.51. The van der Waals surface area contributed by atoms with Gasteiger partial charge >= 0.3 is 0 Å². The monoisotopic (exact) mass is 316 g/mol. The summed E-state index contributed by atoms with van der Waals surface area (Å²) in [7, 11) is 0. The van der Waals surface area contributed by atoms with Crippen molar-refractivity contribution in [2.24, 2.45) is 5.73 Å². The van der Waals surface area contributed by atoms with Crippen molar-refractivity contribution in [3.8, 4) is 0 Å². The smallest absolute Gasteiger partial charge is 0.244 e. The lowest BCUT2D eigenvalue weighted by atomic mass is 9.90. The number of amides is 1. The third-order valence-corrected chi connectivity index (χ3v) is 3.51. The molecule has 1 aliphatic heterocycles. The number of benzene rings is 1. The minimum absolute atomic E-state index is 0.138. The maximum absolute atomic E-state index is 13.6. The number of halogens is 2. The largest absolute Gasteiger partial charge is 0.381 e. The maximum Gasteiger partial charge on any atom is 0.244 e. The van der Waals surface area contributed by atoms with Crippen molar-refractivity contribution >= 4 is 27.5 Å². The molecule has 0 unspecified atom stereocenters. The Morgan fingerprint density at radius 1 is 1.44 bits per heavy atom. The topological polar surface area (TPSA) is 64.4 Å². The van der Waals surface area contributed by atoms with Gasteiger partial charge in [0.1, 0.15) is 11.4 Å². The lowest BCUT2D eigenvalue weighted by molar-refractivity contribution is -0.124. The van der Waals surface area contributed by atoms with E-state index in [9.17, 15) is 9.18 Å². The lowest BCUT2D eigenvalue weighted by Crippen LogP contribution is -2.54. The number of nitrogens with one attached hydrogen (secondary N) is 1. The van der Waals surface area contributed by atoms with Gasteiger partial charge in [0.15, 0.2) is 0 Å². The van der Waals surface area contributed by atoms with Crippen molar-refractivity contribution in [3.63, 3.8) is 0 Å². The molecule has 1 aliphatic rings. The lowest BCUT2D eigenvalue weighted by Gasteiger charge is -2.31. The summed E-state index contributed by atoms with van der Waals surface area (Å²) in [5.41, 5.74) is 5.17. The summed E-state index contributed by atoms with van der Waals surface area (Å²) in [5.74, 6) is -0.861. The van der Waals surface area contributed by atoms with Gasteiger partial charge in [0.2, 0.25) is 5.91 Å². The van der Waals surface area contributed by atoms with Gasteiger partial charge in [0.25, 0.3) is 0 Å². The molecule has 0 aromatic heterocycles. The zero-order valence-corrected chi connectivity index (χ0v) is 11.3. The highest BCUT2D eigenvalue weighted by atomic mass is 79.9. The molecule has 1 heterocycles. The molecule has 0 spiro atoms. The van der Waals surface area contributed by atoms with Crippen LogP contribution in [0.25, 0.3) is 0 Å². The summed E-state index contributed by atoms with van der Waals surface area (Å²) >= 11 is 3.16. The molecular weight excluding hydrogens is 303 g/mol. The first-order valence-electron chi connectivity index (χ1n) is 5.64. The van der Waals surface area contributed by atoms with Gasteiger partial charge in [-0.1, -0.05) is 15.9 Å². The molecule has 2 rings (SSSR count). The van der Waals surface area contributed by atoms with E-state index in [1.807, 2.05) is 0 Å². The quantitative estimate of drug-likeness (QED) is 0.877. The Bertz CT molecular complexity index is 461. The number of ether oxygens (including phenoxy) is 1. The Hall–Kier alpha value is -0.980. The fourth-order valence-corrected chi connectivity index (χ4v) is 2.13. The standard InChI is InChI=1S/C12H14BrFN2O2/c13-8-1-2-10(9(14)7-8)16-11(17)12(15)3-5-18-6-4-12/h1-2,7H,3-6,15H2,(H,16,17). The Morgan fingerprint density at radius 2 is 2.11 bits per heavy atom. The number of hydrogen-bond donors (Lipinski definition) is 2. The number of carbonyl (C=O) groups excluding carboxylic acids is 1. The van der Waals surface area contributed by atoms with Crippen molar-refractivity contribution in [3.05, 3.63) is 28.5 Å². The fourth-order valence-electron chi connectivity index (χ4n) is 1.80. The molecule has 98 valence electrons. The molecule has 3 N–H and O–H groups in total. The minimum Gasteiger partial charge on any atom is -0.381 e. The summed E-state index contributed by atoms with van der Waals surface area (Å²) in [6.45, 7) is 0.902. The molecule has 1 amide bonds. The van der Waals surface area contributed by atoms with Crippen LogP contribution >= 0.6 is 15.9 Å². The number of nitrogens with two attached hydrogens (primary N) is 1. The molecule has 0 saturated carbocycles. The average molecular weight is 317 g/mol. The van der Waals surface area contributed by atoms with Crippen molar-refractivity contribution < 1.29 is 13.9 Å². The van der Waals surface area contributed by atoms with Gasteiger partial charge < -0.3 is 15.8 Å². The first-order valence-corrected chi connectivity index (χ1v) is 6.44. The Kier molecular flexibility index (Phi) is 3.99. The molecule has 1 aromatic rings. The van der Waals surface area contributed by atoms with Crippen LogP contribution in [0.15, 0.2) is 22.7 Å². The molecule has 0 radical (unpaired) electrons. The summed E-state index contributed by atoms with van der Waals surface area (Å²) in [6.07, 6.45) is 0.883. The highest BCUT2D eigenvalue weighted by Gasteiger charge is 2.36. The minimum atomic E-state index is -0.974. The summed E-state index contributed by atoms with van der Waals surface area (Å²) in [6, 6.07) is 4.45. The number of anilines is 1. The summed E-state index contributed by atoms with van der Waals surface area (Å²) in [4.78, 5) is 12.1. The second kappa shape index (κ2) is 5.34. The zero-order valence-electron chi connectivity index (χ0n) is 9.71. The van der Waals surface area contributed by atoms with Crippen LogP contribution in [0.1, 0.15) is 12.8 Å². The molecule has 18 heavy (non-hydrogen) atoms. The van der Waals surface area contributed by atoms with E-state index in [1.165, 1.54) is 12.1 Å². The average Bonchev–Trinajstić information content (AvgIpc) is 2.33. The normalized spacial score (nSPS) is 18.4. The van der Waals surface area contributed by atoms with Crippen LogP contribution in [0.5, 0.6) is 0 Å². The third-order valence-electron chi connectivity index (χ3n) is 3.02. The van der Waals surface area contributed by atoms with Crippen LogP contribution in [-0.4, -0.2) is 24.7 Å². The SMILES string of the molecule is NC1(C(=O)Nc2ccc(Br)cc2F)CCOCC1. The highest BCUT2D eigenvalue weighted by Crippen LogP contribution is 2.23. The van der Waals surface area contributed by atoms with Crippen molar-refractivity contribution in [2.45, 2.75) is 18.4 Å². The molecule has 0 bridgehead atoms. The maximum atomic E-state index is 13.6. The van der Waals surface area contributed by atoms with Crippen LogP contribution in [0.4, 0.5) is 10.1 Å². The van der Waals surface area contributed by atoms with E-state index < -0.39 is 11.4 Å². The molecule has 4 nitrogen and oxygen atoms in total. The van der Waals surface area contributed by atoms with Crippen LogP contribution in [0, 0.1) is 5.82 Å². The fraction of sp³-hybridized carbons (Fsp3) is 0.417. The van der Waals surface area contributed by atoms with Gasteiger partial charge in [-0.05, 0) is 31.0 Å². The van der Waals surface area contributed by atoms with E-state index in [0.29, 0.717) is 30.5 Å². The molecule has 1 saturated heterocycles.